The average Bonchev–Trinajstić information content (AvgIpc) is 3.00. The molecular formula is C22H29N3O4. The maximum atomic E-state index is 12.8. The highest BCUT2D eigenvalue weighted by Gasteiger charge is 2.32. The monoisotopic (exact) mass is 399 g/mol. The Morgan fingerprint density at radius 1 is 1.21 bits per heavy atom. The van der Waals surface area contributed by atoms with Crippen LogP contribution in [0.5, 0.6) is 0 Å². The summed E-state index contributed by atoms with van der Waals surface area (Å²) in [5.41, 5.74) is 3.98. The van der Waals surface area contributed by atoms with E-state index in [0.717, 1.165) is 41.9 Å². The second-order valence-corrected chi connectivity index (χ2v) is 7.70. The fourth-order valence-corrected chi connectivity index (χ4v) is 3.92. The lowest BCUT2D eigenvalue weighted by atomic mass is 9.87. The van der Waals surface area contributed by atoms with E-state index in [9.17, 15) is 9.59 Å². The van der Waals surface area contributed by atoms with Gasteiger partial charge < -0.3 is 15.2 Å². The molecule has 29 heavy (non-hydrogen) atoms. The summed E-state index contributed by atoms with van der Waals surface area (Å²) in [7, 11) is 0. The van der Waals surface area contributed by atoms with Gasteiger partial charge in [0.2, 0.25) is 0 Å². The first-order valence-electron chi connectivity index (χ1n) is 10.1. The fourth-order valence-electron chi connectivity index (χ4n) is 3.92. The number of carbonyl (C=O) groups excluding carboxylic acids is 1. The van der Waals surface area contributed by atoms with Crippen LogP contribution in [-0.4, -0.2) is 45.5 Å². The van der Waals surface area contributed by atoms with Gasteiger partial charge in [-0.1, -0.05) is 6.92 Å². The highest BCUT2D eigenvalue weighted by Crippen LogP contribution is 2.25. The average molecular weight is 399 g/mol. The van der Waals surface area contributed by atoms with Crippen molar-refractivity contribution in [1.29, 1.82) is 0 Å². The molecule has 7 nitrogen and oxygen atoms in total. The molecular weight excluding hydrogens is 370 g/mol. The summed E-state index contributed by atoms with van der Waals surface area (Å²) in [6.45, 7) is 7.28. The van der Waals surface area contributed by atoms with Crippen molar-refractivity contribution >= 4 is 11.9 Å². The molecule has 2 N–H and O–H groups in total. The van der Waals surface area contributed by atoms with Gasteiger partial charge in [-0.3, -0.25) is 9.59 Å². The minimum atomic E-state index is -0.818. The van der Waals surface area contributed by atoms with E-state index in [0.29, 0.717) is 25.2 Å². The number of aromatic nitrogens is 2. The molecule has 0 spiro atoms. The van der Waals surface area contributed by atoms with E-state index < -0.39 is 5.97 Å². The molecule has 7 heteroatoms. The lowest BCUT2D eigenvalue weighted by Gasteiger charge is -2.37. The molecule has 1 fully saturated rings. The van der Waals surface area contributed by atoms with Gasteiger partial charge in [-0.05, 0) is 69.4 Å². The number of hydrogen-bond acceptors (Lipinski definition) is 4. The van der Waals surface area contributed by atoms with E-state index in [4.69, 9.17) is 9.84 Å². The second kappa shape index (κ2) is 8.78. The van der Waals surface area contributed by atoms with Crippen molar-refractivity contribution < 1.29 is 19.4 Å². The zero-order valence-electron chi connectivity index (χ0n) is 17.3. The number of carboxylic acids is 1. The topological polar surface area (TPSA) is 93.5 Å². The molecule has 1 saturated heterocycles. The Morgan fingerprint density at radius 3 is 2.45 bits per heavy atom. The number of benzene rings is 1. The largest absolute Gasteiger partial charge is 0.481 e. The molecule has 0 saturated carbocycles. The summed E-state index contributed by atoms with van der Waals surface area (Å²) in [5, 5.41) is 16.7. The third-order valence-corrected chi connectivity index (χ3v) is 5.91. The van der Waals surface area contributed by atoms with Crippen LogP contribution in [0.4, 0.5) is 0 Å². The smallest absolute Gasteiger partial charge is 0.303 e. The van der Waals surface area contributed by atoms with Crippen LogP contribution >= 0.6 is 0 Å². The van der Waals surface area contributed by atoms with Gasteiger partial charge in [0.05, 0.1) is 11.4 Å². The molecule has 1 aromatic heterocycles. The Labute approximate surface area is 171 Å². The molecule has 1 aliphatic heterocycles. The molecule has 0 bridgehead atoms. The van der Waals surface area contributed by atoms with Crippen molar-refractivity contribution in [3.8, 4) is 5.69 Å². The standard InChI is InChI=1S/C22H29N3O4/c1-4-22(11-13-29-14-12-22)23-21(28)17-5-7-18(8-6-17)25-16(3)19(15(2)24-25)9-10-20(26)27/h5-8H,4,9-14H2,1-3H3,(H,23,28)(H,26,27). The first-order valence-corrected chi connectivity index (χ1v) is 10.1. The number of nitrogens with one attached hydrogen (secondary N) is 1. The maximum Gasteiger partial charge on any atom is 0.303 e. The molecule has 1 aliphatic rings. The van der Waals surface area contributed by atoms with Crippen molar-refractivity contribution in [1.82, 2.24) is 15.1 Å². The predicted octanol–water partition coefficient (Wildman–Crippen LogP) is 3.20. The van der Waals surface area contributed by atoms with Crippen LogP contribution in [0.25, 0.3) is 5.69 Å². The van der Waals surface area contributed by atoms with E-state index in [-0.39, 0.29) is 17.9 Å². The van der Waals surface area contributed by atoms with E-state index in [1.165, 1.54) is 0 Å². The molecule has 0 aliphatic carbocycles. The Bertz CT molecular complexity index is 880. The quantitative estimate of drug-likeness (QED) is 0.746. The van der Waals surface area contributed by atoms with E-state index in [1.807, 2.05) is 26.0 Å². The molecule has 3 rings (SSSR count). The molecule has 0 atom stereocenters. The number of hydrogen-bond donors (Lipinski definition) is 2. The first-order chi connectivity index (χ1) is 13.8. The number of carbonyl (C=O) groups is 2. The number of aliphatic carboxylic acids is 1. The number of aryl methyl sites for hydroxylation is 1. The predicted molar refractivity (Wildman–Crippen MR) is 110 cm³/mol. The maximum absolute atomic E-state index is 12.8. The van der Waals surface area contributed by atoms with Gasteiger partial charge in [0.15, 0.2) is 0 Å². The van der Waals surface area contributed by atoms with Crippen molar-refractivity contribution in [3.05, 3.63) is 46.8 Å². The molecule has 0 radical (unpaired) electrons. The van der Waals surface area contributed by atoms with E-state index in [1.54, 1.807) is 16.8 Å². The highest BCUT2D eigenvalue weighted by molar-refractivity contribution is 5.94. The van der Waals surface area contributed by atoms with Gasteiger partial charge in [-0.2, -0.15) is 5.10 Å². The zero-order valence-corrected chi connectivity index (χ0v) is 17.3. The Kier molecular flexibility index (Phi) is 6.37. The van der Waals surface area contributed by atoms with Gasteiger partial charge in [0, 0.05) is 36.4 Å². The molecule has 1 aromatic carbocycles. The first kappa shape index (κ1) is 21.0. The van der Waals surface area contributed by atoms with Crippen molar-refractivity contribution in [2.45, 2.75) is 58.4 Å². The lowest BCUT2D eigenvalue weighted by Crippen LogP contribution is -2.51. The number of carboxylic acid groups (broad SMARTS) is 1. The van der Waals surface area contributed by atoms with Crippen LogP contribution in [0, 0.1) is 13.8 Å². The minimum Gasteiger partial charge on any atom is -0.481 e. The van der Waals surface area contributed by atoms with Gasteiger partial charge in [0.25, 0.3) is 5.91 Å². The summed E-state index contributed by atoms with van der Waals surface area (Å²) < 4.78 is 7.24. The van der Waals surface area contributed by atoms with Gasteiger partial charge in [-0.25, -0.2) is 4.68 Å². The summed E-state index contributed by atoms with van der Waals surface area (Å²) >= 11 is 0. The van der Waals surface area contributed by atoms with Gasteiger partial charge in [-0.15, -0.1) is 0 Å². The van der Waals surface area contributed by atoms with Crippen LogP contribution in [0.2, 0.25) is 0 Å². The molecule has 2 heterocycles. The van der Waals surface area contributed by atoms with Crippen molar-refractivity contribution in [3.63, 3.8) is 0 Å². The van der Waals surface area contributed by atoms with E-state index >= 15 is 0 Å². The number of ether oxygens (including phenoxy) is 1. The van der Waals surface area contributed by atoms with Crippen LogP contribution in [0.3, 0.4) is 0 Å². The molecule has 156 valence electrons. The normalized spacial score (nSPS) is 15.8. The Hall–Kier alpha value is -2.67. The molecule has 2 aromatic rings. The summed E-state index contributed by atoms with van der Waals surface area (Å²) in [6, 6.07) is 7.36. The van der Waals surface area contributed by atoms with Crippen LogP contribution in [-0.2, 0) is 16.0 Å². The van der Waals surface area contributed by atoms with E-state index in [2.05, 4.69) is 17.3 Å². The number of rotatable bonds is 7. The molecule has 1 amide bonds. The minimum absolute atomic E-state index is 0.0733. The molecule has 0 unspecified atom stereocenters. The number of nitrogens with zero attached hydrogens (tertiary/aromatic N) is 2. The Balaban J connectivity index is 1.75. The van der Waals surface area contributed by atoms with Gasteiger partial charge in [0.1, 0.15) is 0 Å². The summed E-state index contributed by atoms with van der Waals surface area (Å²) in [4.78, 5) is 23.7. The highest BCUT2D eigenvalue weighted by atomic mass is 16.5. The SMILES string of the molecule is CCC1(NC(=O)c2ccc(-n3nc(C)c(CCC(=O)O)c3C)cc2)CCOCC1. The lowest BCUT2D eigenvalue weighted by molar-refractivity contribution is -0.136. The summed E-state index contributed by atoms with van der Waals surface area (Å²) in [5.74, 6) is -0.892. The number of amides is 1. The van der Waals surface area contributed by atoms with Crippen molar-refractivity contribution in [2.24, 2.45) is 0 Å². The third kappa shape index (κ3) is 4.67. The van der Waals surface area contributed by atoms with Gasteiger partial charge >= 0.3 is 5.97 Å². The van der Waals surface area contributed by atoms with Crippen LogP contribution in [0.15, 0.2) is 24.3 Å². The third-order valence-electron chi connectivity index (χ3n) is 5.91. The Morgan fingerprint density at radius 2 is 1.86 bits per heavy atom. The zero-order chi connectivity index (χ0) is 21.0. The summed E-state index contributed by atoms with van der Waals surface area (Å²) in [6.07, 6.45) is 3.08. The van der Waals surface area contributed by atoms with Crippen LogP contribution < -0.4 is 5.32 Å². The second-order valence-electron chi connectivity index (χ2n) is 7.70. The fraction of sp³-hybridized carbons (Fsp3) is 0.500. The van der Waals surface area contributed by atoms with Crippen molar-refractivity contribution in [2.75, 3.05) is 13.2 Å². The van der Waals surface area contributed by atoms with Crippen LogP contribution in [0.1, 0.15) is 59.9 Å².